The van der Waals surface area contributed by atoms with E-state index in [1.165, 1.54) is 11.8 Å². The van der Waals surface area contributed by atoms with E-state index in [-0.39, 0.29) is 5.91 Å². The lowest BCUT2D eigenvalue weighted by molar-refractivity contribution is -0.115. The number of hydrogen-bond donors (Lipinski definition) is 1. The number of carbonyl (C=O) groups excluding carboxylic acids is 1. The summed E-state index contributed by atoms with van der Waals surface area (Å²) in [5.74, 6) is 1.77. The highest BCUT2D eigenvalue weighted by Gasteiger charge is 2.23. The van der Waals surface area contributed by atoms with Gasteiger partial charge in [-0.05, 0) is 55.8 Å². The number of methoxy groups -OCH3 is 2. The fourth-order valence-electron chi connectivity index (χ4n) is 3.48. The molecule has 0 aliphatic carbocycles. The molecule has 0 spiro atoms. The van der Waals surface area contributed by atoms with E-state index in [1.807, 2.05) is 91.2 Å². The number of rotatable bonds is 8. The van der Waals surface area contributed by atoms with Gasteiger partial charge < -0.3 is 14.8 Å². The number of aryl methyl sites for hydroxylation is 1. The molecule has 174 valence electrons. The van der Waals surface area contributed by atoms with Gasteiger partial charge in [0.1, 0.15) is 0 Å². The number of ether oxygens (including phenoxy) is 2. The van der Waals surface area contributed by atoms with Crippen LogP contribution in [0.3, 0.4) is 0 Å². The van der Waals surface area contributed by atoms with Gasteiger partial charge in [-0.3, -0.25) is 9.36 Å². The minimum absolute atomic E-state index is 0.102. The van der Waals surface area contributed by atoms with E-state index < -0.39 is 5.25 Å². The van der Waals surface area contributed by atoms with Gasteiger partial charge in [0.15, 0.2) is 22.5 Å². The summed E-state index contributed by atoms with van der Waals surface area (Å²) in [6, 6.07) is 23.2. The summed E-state index contributed by atoms with van der Waals surface area (Å²) >= 11 is 1.35. The molecule has 1 N–H and O–H groups in total. The zero-order valence-electron chi connectivity index (χ0n) is 19.5. The summed E-state index contributed by atoms with van der Waals surface area (Å²) in [6.45, 7) is 3.83. The smallest absolute Gasteiger partial charge is 0.237 e. The Bertz CT molecular complexity index is 1290. The Labute approximate surface area is 203 Å². The third kappa shape index (κ3) is 4.92. The van der Waals surface area contributed by atoms with Crippen molar-refractivity contribution in [2.24, 2.45) is 0 Å². The van der Waals surface area contributed by atoms with E-state index in [1.54, 1.807) is 14.2 Å². The molecule has 4 aromatic rings. The van der Waals surface area contributed by atoms with E-state index in [0.29, 0.717) is 22.5 Å². The molecule has 7 nitrogen and oxygen atoms in total. The standard InChI is InChI=1S/C26H26N4O3S/c1-17-10-8-9-13-21(17)27-25(31)18(2)34-26-29-28-24(30(26)20-11-6-5-7-12-20)19-14-15-22(32-3)23(16-19)33-4/h5-16,18H,1-4H3,(H,27,31). The molecule has 3 aromatic carbocycles. The Morgan fingerprint density at radius 2 is 1.65 bits per heavy atom. The van der Waals surface area contributed by atoms with E-state index in [4.69, 9.17) is 9.47 Å². The summed E-state index contributed by atoms with van der Waals surface area (Å²) in [5, 5.41) is 12.1. The molecule has 34 heavy (non-hydrogen) atoms. The molecule has 8 heteroatoms. The number of anilines is 1. The number of amides is 1. The maximum Gasteiger partial charge on any atom is 0.237 e. The van der Waals surface area contributed by atoms with Crippen molar-refractivity contribution in [3.63, 3.8) is 0 Å². The van der Waals surface area contributed by atoms with Crippen molar-refractivity contribution in [2.75, 3.05) is 19.5 Å². The highest BCUT2D eigenvalue weighted by atomic mass is 32.2. The number of hydrogen-bond acceptors (Lipinski definition) is 6. The first kappa shape index (κ1) is 23.4. The minimum atomic E-state index is -0.399. The third-order valence-corrected chi connectivity index (χ3v) is 6.39. The van der Waals surface area contributed by atoms with Crippen LogP contribution in [0.25, 0.3) is 17.1 Å². The monoisotopic (exact) mass is 474 g/mol. The molecule has 0 radical (unpaired) electrons. The van der Waals surface area contributed by atoms with Crippen LogP contribution in [0.5, 0.6) is 11.5 Å². The maximum atomic E-state index is 12.9. The molecule has 1 unspecified atom stereocenters. The molecule has 0 aliphatic heterocycles. The molecule has 1 amide bonds. The van der Waals surface area contributed by atoms with Crippen LogP contribution in [-0.2, 0) is 4.79 Å². The second kappa shape index (κ2) is 10.4. The molecule has 1 atom stereocenters. The predicted octanol–water partition coefficient (Wildman–Crippen LogP) is 5.38. The number of carbonyl (C=O) groups is 1. The summed E-state index contributed by atoms with van der Waals surface area (Å²) in [5.41, 5.74) is 3.52. The van der Waals surface area contributed by atoms with Gasteiger partial charge in [0, 0.05) is 16.9 Å². The fourth-order valence-corrected chi connectivity index (χ4v) is 4.34. The Balaban J connectivity index is 1.68. The van der Waals surface area contributed by atoms with Crippen LogP contribution in [-0.4, -0.2) is 40.1 Å². The first-order chi connectivity index (χ1) is 16.5. The zero-order valence-corrected chi connectivity index (χ0v) is 20.3. The summed E-state index contributed by atoms with van der Waals surface area (Å²) in [6.07, 6.45) is 0. The Hall–Kier alpha value is -3.78. The Kier molecular flexibility index (Phi) is 7.18. The van der Waals surface area contributed by atoms with Gasteiger partial charge >= 0.3 is 0 Å². The van der Waals surface area contributed by atoms with Crippen LogP contribution in [0.15, 0.2) is 78.0 Å². The molecule has 1 heterocycles. The van der Waals surface area contributed by atoms with Gasteiger partial charge in [0.2, 0.25) is 5.91 Å². The molecule has 1 aromatic heterocycles. The molecular formula is C26H26N4O3S. The normalized spacial score (nSPS) is 11.6. The van der Waals surface area contributed by atoms with Crippen LogP contribution >= 0.6 is 11.8 Å². The molecular weight excluding hydrogens is 448 g/mol. The first-order valence-electron chi connectivity index (χ1n) is 10.8. The number of thioether (sulfide) groups is 1. The van der Waals surface area contributed by atoms with E-state index in [0.717, 1.165) is 22.5 Å². The lowest BCUT2D eigenvalue weighted by Crippen LogP contribution is -2.23. The highest BCUT2D eigenvalue weighted by molar-refractivity contribution is 8.00. The SMILES string of the molecule is COc1ccc(-c2nnc(SC(C)C(=O)Nc3ccccc3C)n2-c2ccccc2)cc1OC. The number of nitrogens with zero attached hydrogens (tertiary/aromatic N) is 3. The topological polar surface area (TPSA) is 78.3 Å². The third-order valence-electron chi connectivity index (χ3n) is 5.34. The van der Waals surface area contributed by atoms with Crippen LogP contribution in [0, 0.1) is 6.92 Å². The summed E-state index contributed by atoms with van der Waals surface area (Å²) in [4.78, 5) is 12.9. The average molecular weight is 475 g/mol. The number of para-hydroxylation sites is 2. The van der Waals surface area contributed by atoms with Gasteiger partial charge in [0.25, 0.3) is 0 Å². The molecule has 0 saturated carbocycles. The quantitative estimate of drug-likeness (QED) is 0.346. The van der Waals surface area contributed by atoms with Crippen LogP contribution < -0.4 is 14.8 Å². The predicted molar refractivity (Wildman–Crippen MR) is 135 cm³/mol. The largest absolute Gasteiger partial charge is 0.493 e. The molecule has 0 fully saturated rings. The molecule has 4 rings (SSSR count). The fraction of sp³-hybridized carbons (Fsp3) is 0.192. The van der Waals surface area contributed by atoms with Crippen LogP contribution in [0.1, 0.15) is 12.5 Å². The van der Waals surface area contributed by atoms with E-state index in [2.05, 4.69) is 15.5 Å². The number of benzene rings is 3. The van der Waals surface area contributed by atoms with Crippen molar-refractivity contribution in [3.05, 3.63) is 78.4 Å². The van der Waals surface area contributed by atoms with Gasteiger partial charge in [-0.2, -0.15) is 0 Å². The maximum absolute atomic E-state index is 12.9. The summed E-state index contributed by atoms with van der Waals surface area (Å²) in [7, 11) is 3.20. The number of nitrogens with one attached hydrogen (secondary N) is 1. The van der Waals surface area contributed by atoms with Crippen molar-refractivity contribution >= 4 is 23.4 Å². The second-order valence-electron chi connectivity index (χ2n) is 7.61. The zero-order chi connectivity index (χ0) is 24.1. The van der Waals surface area contributed by atoms with Crippen molar-refractivity contribution in [3.8, 4) is 28.6 Å². The van der Waals surface area contributed by atoms with Gasteiger partial charge in [0.05, 0.1) is 19.5 Å². The molecule has 0 bridgehead atoms. The van der Waals surface area contributed by atoms with E-state index >= 15 is 0 Å². The van der Waals surface area contributed by atoms with Gasteiger partial charge in [-0.25, -0.2) is 0 Å². The Morgan fingerprint density at radius 3 is 2.35 bits per heavy atom. The molecule has 0 saturated heterocycles. The lowest BCUT2D eigenvalue weighted by atomic mass is 10.2. The first-order valence-corrected chi connectivity index (χ1v) is 11.7. The highest BCUT2D eigenvalue weighted by Crippen LogP contribution is 2.35. The minimum Gasteiger partial charge on any atom is -0.493 e. The van der Waals surface area contributed by atoms with Crippen molar-refractivity contribution in [2.45, 2.75) is 24.3 Å². The number of aromatic nitrogens is 3. The van der Waals surface area contributed by atoms with Gasteiger partial charge in [-0.1, -0.05) is 48.2 Å². The van der Waals surface area contributed by atoms with Crippen LogP contribution in [0.2, 0.25) is 0 Å². The van der Waals surface area contributed by atoms with Crippen molar-refractivity contribution < 1.29 is 14.3 Å². The van der Waals surface area contributed by atoms with Gasteiger partial charge in [-0.15, -0.1) is 10.2 Å². The average Bonchev–Trinajstić information content (AvgIpc) is 3.28. The molecule has 0 aliphatic rings. The van der Waals surface area contributed by atoms with E-state index in [9.17, 15) is 4.79 Å². The summed E-state index contributed by atoms with van der Waals surface area (Å²) < 4.78 is 12.8. The van der Waals surface area contributed by atoms with Crippen LogP contribution in [0.4, 0.5) is 5.69 Å². The second-order valence-corrected chi connectivity index (χ2v) is 8.92. The van der Waals surface area contributed by atoms with Crippen molar-refractivity contribution in [1.29, 1.82) is 0 Å². The lowest BCUT2D eigenvalue weighted by Gasteiger charge is -2.15. The van der Waals surface area contributed by atoms with Crippen molar-refractivity contribution in [1.82, 2.24) is 14.8 Å². The Morgan fingerprint density at radius 1 is 0.941 bits per heavy atom.